The van der Waals surface area contributed by atoms with E-state index in [1.807, 2.05) is 30.3 Å². The van der Waals surface area contributed by atoms with Gasteiger partial charge in [-0.05, 0) is 29.7 Å². The Bertz CT molecular complexity index is 1150. The number of anilines is 1. The van der Waals surface area contributed by atoms with E-state index in [9.17, 15) is 4.79 Å². The van der Waals surface area contributed by atoms with Crippen LogP contribution < -0.4 is 5.32 Å². The van der Waals surface area contributed by atoms with Crippen molar-refractivity contribution in [3.63, 3.8) is 0 Å². The van der Waals surface area contributed by atoms with Crippen LogP contribution >= 0.6 is 11.3 Å². The highest BCUT2D eigenvalue weighted by Crippen LogP contribution is 2.23. The van der Waals surface area contributed by atoms with E-state index < -0.39 is 0 Å². The summed E-state index contributed by atoms with van der Waals surface area (Å²) >= 11 is 1.45. The third-order valence-corrected chi connectivity index (χ3v) is 5.76. The molecule has 0 saturated carbocycles. The Morgan fingerprint density at radius 3 is 2.55 bits per heavy atom. The number of hydrogen-bond acceptors (Lipinski definition) is 6. The molecule has 7 nitrogen and oxygen atoms in total. The predicted molar refractivity (Wildman–Crippen MR) is 121 cm³/mol. The average Bonchev–Trinajstić information content (AvgIpc) is 3.42. The van der Waals surface area contributed by atoms with Crippen LogP contribution in [-0.4, -0.2) is 33.0 Å². The molecule has 0 bridgehead atoms. The molecule has 0 aliphatic rings. The summed E-state index contributed by atoms with van der Waals surface area (Å²) in [7, 11) is 1.57. The summed E-state index contributed by atoms with van der Waals surface area (Å²) < 4.78 is 6.90. The largest absolute Gasteiger partial charge is 0.378 e. The molecule has 1 N–H and O–H groups in total. The minimum Gasteiger partial charge on any atom is -0.378 e. The van der Waals surface area contributed by atoms with Crippen LogP contribution in [-0.2, 0) is 24.2 Å². The van der Waals surface area contributed by atoms with E-state index in [4.69, 9.17) is 4.74 Å². The number of hydrogen-bond donors (Lipinski definition) is 1. The topological polar surface area (TPSA) is 81.9 Å². The van der Waals surface area contributed by atoms with E-state index in [0.29, 0.717) is 10.8 Å². The molecule has 0 unspecified atom stereocenters. The lowest BCUT2D eigenvalue weighted by atomic mass is 10.1. The fourth-order valence-electron chi connectivity index (χ4n) is 3.22. The van der Waals surface area contributed by atoms with Crippen LogP contribution in [0, 0.1) is 0 Å². The van der Waals surface area contributed by atoms with Crippen LogP contribution in [0.15, 0.2) is 60.8 Å². The zero-order valence-electron chi connectivity index (χ0n) is 17.4. The number of carbonyl (C=O) groups excluding carboxylic acids is 1. The van der Waals surface area contributed by atoms with Crippen LogP contribution in [0.5, 0.6) is 0 Å². The van der Waals surface area contributed by atoms with Gasteiger partial charge >= 0.3 is 0 Å². The third-order valence-electron chi connectivity index (χ3n) is 4.84. The quantitative estimate of drug-likeness (QED) is 0.449. The van der Waals surface area contributed by atoms with Gasteiger partial charge in [-0.2, -0.15) is 0 Å². The Morgan fingerprint density at radius 2 is 1.84 bits per heavy atom. The standard InChI is InChI=1S/C23H23N5O2S/c1-3-16-9-11-17(12-10-16)13-19-14-24-23(31-19)25-22(29)21-20(15-30-2)28(27-26-21)18-7-5-4-6-8-18/h4-12,14H,3,13,15H2,1-2H3,(H,24,25,29). The van der Waals surface area contributed by atoms with E-state index in [1.165, 1.54) is 22.5 Å². The Kier molecular flexibility index (Phi) is 6.49. The molecular weight excluding hydrogens is 410 g/mol. The summed E-state index contributed by atoms with van der Waals surface area (Å²) in [5, 5.41) is 11.6. The van der Waals surface area contributed by atoms with Gasteiger partial charge in [0.1, 0.15) is 5.69 Å². The van der Waals surface area contributed by atoms with Gasteiger partial charge in [-0.3, -0.25) is 10.1 Å². The van der Waals surface area contributed by atoms with Gasteiger partial charge in [0.15, 0.2) is 10.8 Å². The molecule has 0 spiro atoms. The van der Waals surface area contributed by atoms with Crippen molar-refractivity contribution in [2.75, 3.05) is 12.4 Å². The van der Waals surface area contributed by atoms with Gasteiger partial charge < -0.3 is 4.74 Å². The lowest BCUT2D eigenvalue weighted by molar-refractivity contribution is 0.101. The number of methoxy groups -OCH3 is 1. The molecule has 2 aromatic carbocycles. The number of ether oxygens (including phenoxy) is 1. The normalized spacial score (nSPS) is 10.9. The van der Waals surface area contributed by atoms with Crippen molar-refractivity contribution >= 4 is 22.4 Å². The molecule has 4 rings (SSSR count). The van der Waals surface area contributed by atoms with Crippen molar-refractivity contribution in [1.82, 2.24) is 20.0 Å². The number of carbonyl (C=O) groups is 1. The summed E-state index contributed by atoms with van der Waals surface area (Å²) in [6, 6.07) is 18.1. The second kappa shape index (κ2) is 9.63. The first-order valence-corrected chi connectivity index (χ1v) is 10.8. The number of nitrogens with one attached hydrogen (secondary N) is 1. The Balaban J connectivity index is 1.49. The number of thiazole rings is 1. The van der Waals surface area contributed by atoms with E-state index in [1.54, 1.807) is 18.0 Å². The van der Waals surface area contributed by atoms with Crippen molar-refractivity contribution in [1.29, 1.82) is 0 Å². The van der Waals surface area contributed by atoms with Crippen molar-refractivity contribution in [3.05, 3.63) is 88.2 Å². The molecule has 1 amide bonds. The van der Waals surface area contributed by atoms with Gasteiger partial charge in [-0.15, -0.1) is 16.4 Å². The Morgan fingerprint density at radius 1 is 1.10 bits per heavy atom. The van der Waals surface area contributed by atoms with E-state index in [-0.39, 0.29) is 18.2 Å². The molecule has 0 radical (unpaired) electrons. The van der Waals surface area contributed by atoms with E-state index >= 15 is 0 Å². The molecule has 0 aliphatic carbocycles. The molecule has 0 saturated heterocycles. The van der Waals surface area contributed by atoms with E-state index in [0.717, 1.165) is 23.4 Å². The summed E-state index contributed by atoms with van der Waals surface area (Å²) in [4.78, 5) is 18.3. The molecule has 8 heteroatoms. The molecule has 158 valence electrons. The first-order valence-electron chi connectivity index (χ1n) is 10.0. The van der Waals surface area contributed by atoms with E-state index in [2.05, 4.69) is 51.8 Å². The molecule has 31 heavy (non-hydrogen) atoms. The van der Waals surface area contributed by atoms with Gasteiger partial charge in [-0.25, -0.2) is 9.67 Å². The zero-order chi connectivity index (χ0) is 21.6. The van der Waals surface area contributed by atoms with Crippen LogP contribution in [0.2, 0.25) is 0 Å². The van der Waals surface area contributed by atoms with Crippen LogP contribution in [0.25, 0.3) is 5.69 Å². The minimum atomic E-state index is -0.359. The SMILES string of the molecule is CCc1ccc(Cc2cnc(NC(=O)c3nnn(-c4ccccc4)c3COC)s2)cc1. The molecule has 4 aromatic rings. The smallest absolute Gasteiger partial charge is 0.280 e. The van der Waals surface area contributed by atoms with Crippen molar-refractivity contribution in [3.8, 4) is 5.69 Å². The van der Waals surface area contributed by atoms with Crippen LogP contribution in [0.4, 0.5) is 5.13 Å². The van der Waals surface area contributed by atoms with Gasteiger partial charge in [-0.1, -0.05) is 54.6 Å². The third kappa shape index (κ3) is 4.87. The zero-order valence-corrected chi connectivity index (χ0v) is 18.2. The lowest BCUT2D eigenvalue weighted by Gasteiger charge is -2.07. The maximum Gasteiger partial charge on any atom is 0.280 e. The number of para-hydroxylation sites is 1. The number of nitrogens with zero attached hydrogens (tertiary/aromatic N) is 4. The summed E-state index contributed by atoms with van der Waals surface area (Å²) in [5.74, 6) is -0.359. The van der Waals surface area contributed by atoms with Gasteiger partial charge in [0, 0.05) is 24.6 Å². The van der Waals surface area contributed by atoms with Crippen molar-refractivity contribution in [2.45, 2.75) is 26.4 Å². The van der Waals surface area contributed by atoms with Gasteiger partial charge in [0.05, 0.1) is 12.3 Å². The van der Waals surface area contributed by atoms with Gasteiger partial charge in [0.25, 0.3) is 5.91 Å². The van der Waals surface area contributed by atoms with Gasteiger partial charge in [0.2, 0.25) is 0 Å². The summed E-state index contributed by atoms with van der Waals surface area (Å²) in [6.45, 7) is 2.35. The highest BCUT2D eigenvalue weighted by atomic mass is 32.1. The Labute approximate surface area is 184 Å². The first kappa shape index (κ1) is 20.9. The van der Waals surface area contributed by atoms with Crippen molar-refractivity contribution in [2.24, 2.45) is 0 Å². The number of amides is 1. The number of aromatic nitrogens is 4. The summed E-state index contributed by atoms with van der Waals surface area (Å²) in [6.07, 6.45) is 3.60. The first-order chi connectivity index (χ1) is 15.2. The predicted octanol–water partition coefficient (Wildman–Crippen LogP) is 4.28. The fraction of sp³-hybridized carbons (Fsp3) is 0.217. The molecule has 0 aliphatic heterocycles. The number of aryl methyl sites for hydroxylation is 1. The molecule has 0 atom stereocenters. The number of benzene rings is 2. The fourth-order valence-corrected chi connectivity index (χ4v) is 4.06. The van der Waals surface area contributed by atoms with Crippen LogP contribution in [0.1, 0.15) is 39.1 Å². The second-order valence-corrected chi connectivity index (χ2v) is 8.11. The maximum atomic E-state index is 12.9. The highest BCUT2D eigenvalue weighted by Gasteiger charge is 2.21. The van der Waals surface area contributed by atoms with Crippen LogP contribution in [0.3, 0.4) is 0 Å². The average molecular weight is 434 g/mol. The monoisotopic (exact) mass is 433 g/mol. The molecule has 2 aromatic heterocycles. The second-order valence-electron chi connectivity index (χ2n) is 7.00. The highest BCUT2D eigenvalue weighted by molar-refractivity contribution is 7.15. The van der Waals surface area contributed by atoms with Crippen molar-refractivity contribution < 1.29 is 9.53 Å². The molecule has 2 heterocycles. The molecular formula is C23H23N5O2S. The number of rotatable bonds is 8. The lowest BCUT2D eigenvalue weighted by Crippen LogP contribution is -2.15. The summed E-state index contributed by atoms with van der Waals surface area (Å²) in [5.41, 5.74) is 4.15. The Hall–Kier alpha value is -3.36. The maximum absolute atomic E-state index is 12.9. The minimum absolute atomic E-state index is 0.210. The molecule has 0 fully saturated rings.